The normalized spacial score (nSPS) is 11.5. The summed E-state index contributed by atoms with van der Waals surface area (Å²) in [7, 11) is -3.65. The van der Waals surface area contributed by atoms with E-state index < -0.39 is 15.6 Å². The van der Waals surface area contributed by atoms with E-state index in [2.05, 4.69) is 4.72 Å². The van der Waals surface area contributed by atoms with Crippen LogP contribution in [0.15, 0.2) is 68.7 Å². The molecule has 1 N–H and O–H groups in total. The van der Waals surface area contributed by atoms with Gasteiger partial charge in [-0.3, -0.25) is 4.72 Å². The fourth-order valence-electron chi connectivity index (χ4n) is 2.07. The Balaban J connectivity index is 1.96. The van der Waals surface area contributed by atoms with Crippen molar-refractivity contribution in [2.75, 3.05) is 4.72 Å². The second-order valence-corrected chi connectivity index (χ2v) is 6.61. The molecule has 22 heavy (non-hydrogen) atoms. The molecule has 0 atom stereocenters. The van der Waals surface area contributed by atoms with Crippen LogP contribution >= 0.6 is 0 Å². The number of anilines is 1. The lowest BCUT2D eigenvalue weighted by atomic mass is 10.2. The van der Waals surface area contributed by atoms with Crippen LogP contribution in [0.3, 0.4) is 0 Å². The first-order valence-corrected chi connectivity index (χ1v) is 8.06. The minimum absolute atomic E-state index is 0.192. The first kappa shape index (κ1) is 14.3. The molecule has 1 heterocycles. The van der Waals surface area contributed by atoms with Crippen LogP contribution in [0.4, 0.5) is 5.69 Å². The molecule has 3 aromatic rings. The average molecular weight is 315 g/mol. The molecule has 0 aliphatic carbocycles. The van der Waals surface area contributed by atoms with Gasteiger partial charge >= 0.3 is 5.63 Å². The third kappa shape index (κ3) is 2.87. The van der Waals surface area contributed by atoms with Gasteiger partial charge in [-0.25, -0.2) is 13.2 Å². The molecule has 0 bridgehead atoms. The monoisotopic (exact) mass is 315 g/mol. The molecule has 0 fully saturated rings. The predicted octanol–water partition coefficient (Wildman–Crippen LogP) is 2.90. The number of hydrogen-bond donors (Lipinski definition) is 1. The number of benzene rings is 2. The Kier molecular flexibility index (Phi) is 3.46. The first-order chi connectivity index (χ1) is 10.4. The Morgan fingerprint density at radius 2 is 1.68 bits per heavy atom. The van der Waals surface area contributed by atoms with E-state index in [1.54, 1.807) is 48.5 Å². The van der Waals surface area contributed by atoms with Crippen LogP contribution in [0.1, 0.15) is 5.56 Å². The number of aryl methyl sites for hydroxylation is 1. The van der Waals surface area contributed by atoms with Crippen molar-refractivity contribution < 1.29 is 12.8 Å². The maximum Gasteiger partial charge on any atom is 0.336 e. The van der Waals surface area contributed by atoms with E-state index in [-0.39, 0.29) is 4.90 Å². The molecule has 0 spiro atoms. The SMILES string of the molecule is Cc1ccc(S(=O)(=O)Nc2ccc3oc(=O)ccc3c2)cc1. The summed E-state index contributed by atoms with van der Waals surface area (Å²) in [5.41, 5.74) is 1.35. The maximum atomic E-state index is 12.3. The van der Waals surface area contributed by atoms with Crippen LogP contribution in [0, 0.1) is 6.92 Å². The van der Waals surface area contributed by atoms with Gasteiger partial charge in [0.15, 0.2) is 0 Å². The second kappa shape index (κ2) is 5.31. The van der Waals surface area contributed by atoms with Crippen molar-refractivity contribution in [3.8, 4) is 0 Å². The number of sulfonamides is 1. The highest BCUT2D eigenvalue weighted by molar-refractivity contribution is 7.92. The molecule has 5 nitrogen and oxygen atoms in total. The van der Waals surface area contributed by atoms with Gasteiger partial charge in [0.2, 0.25) is 0 Å². The summed E-state index contributed by atoms with van der Waals surface area (Å²) in [4.78, 5) is 11.3. The number of rotatable bonds is 3. The molecule has 0 aliphatic heterocycles. The minimum Gasteiger partial charge on any atom is -0.423 e. The molecule has 1 aromatic heterocycles. The summed E-state index contributed by atoms with van der Waals surface area (Å²) in [6.45, 7) is 1.89. The van der Waals surface area contributed by atoms with Gasteiger partial charge in [-0.05, 0) is 43.3 Å². The van der Waals surface area contributed by atoms with Crippen molar-refractivity contribution in [1.29, 1.82) is 0 Å². The van der Waals surface area contributed by atoms with Gasteiger partial charge < -0.3 is 4.42 Å². The standard InChI is InChI=1S/C16H13NO4S/c1-11-2-6-14(7-3-11)22(19,20)17-13-5-8-15-12(10-13)4-9-16(18)21-15/h2-10,17H,1H3. The highest BCUT2D eigenvalue weighted by Gasteiger charge is 2.14. The summed E-state index contributed by atoms with van der Waals surface area (Å²) in [5.74, 6) is 0. The predicted molar refractivity (Wildman–Crippen MR) is 84.5 cm³/mol. The first-order valence-electron chi connectivity index (χ1n) is 6.57. The van der Waals surface area contributed by atoms with Crippen molar-refractivity contribution in [3.05, 3.63) is 70.6 Å². The van der Waals surface area contributed by atoms with Crippen molar-refractivity contribution in [3.63, 3.8) is 0 Å². The largest absolute Gasteiger partial charge is 0.423 e. The smallest absolute Gasteiger partial charge is 0.336 e. The van der Waals surface area contributed by atoms with Crippen LogP contribution in [0.25, 0.3) is 11.0 Å². The van der Waals surface area contributed by atoms with E-state index >= 15 is 0 Å². The molecule has 2 aromatic carbocycles. The molecule has 0 saturated carbocycles. The molecule has 0 amide bonds. The number of hydrogen-bond acceptors (Lipinski definition) is 4. The molecule has 0 aliphatic rings. The Morgan fingerprint density at radius 1 is 0.955 bits per heavy atom. The zero-order valence-electron chi connectivity index (χ0n) is 11.7. The Bertz CT molecular complexity index is 989. The second-order valence-electron chi connectivity index (χ2n) is 4.93. The molecular formula is C16H13NO4S. The fourth-order valence-corrected chi connectivity index (χ4v) is 3.12. The zero-order valence-corrected chi connectivity index (χ0v) is 12.6. The van der Waals surface area contributed by atoms with Gasteiger partial charge in [0, 0.05) is 17.1 Å². The van der Waals surface area contributed by atoms with Crippen molar-refractivity contribution >= 4 is 26.7 Å². The summed E-state index contributed by atoms with van der Waals surface area (Å²) in [6.07, 6.45) is 0. The van der Waals surface area contributed by atoms with Gasteiger partial charge in [-0.2, -0.15) is 0 Å². The van der Waals surface area contributed by atoms with Crippen LogP contribution < -0.4 is 10.3 Å². The summed E-state index contributed by atoms with van der Waals surface area (Å²) in [6, 6.07) is 14.2. The van der Waals surface area contributed by atoms with Crippen molar-refractivity contribution in [1.82, 2.24) is 0 Å². The zero-order chi connectivity index (χ0) is 15.7. The highest BCUT2D eigenvalue weighted by atomic mass is 32.2. The van der Waals surface area contributed by atoms with Crippen LogP contribution in [-0.4, -0.2) is 8.42 Å². The Morgan fingerprint density at radius 3 is 2.41 bits per heavy atom. The van der Waals surface area contributed by atoms with Gasteiger partial charge in [0.05, 0.1) is 4.90 Å². The third-order valence-corrected chi connectivity index (χ3v) is 4.60. The van der Waals surface area contributed by atoms with E-state index in [4.69, 9.17) is 4.42 Å². The highest BCUT2D eigenvalue weighted by Crippen LogP contribution is 2.21. The van der Waals surface area contributed by atoms with Gasteiger partial charge in [0.25, 0.3) is 10.0 Å². The van der Waals surface area contributed by atoms with Gasteiger partial charge in [-0.15, -0.1) is 0 Å². The van der Waals surface area contributed by atoms with Crippen LogP contribution in [0.5, 0.6) is 0 Å². The quantitative estimate of drug-likeness (QED) is 0.754. The number of nitrogens with one attached hydrogen (secondary N) is 1. The van der Waals surface area contributed by atoms with E-state index in [0.717, 1.165) is 5.56 Å². The molecule has 0 radical (unpaired) electrons. The number of fused-ring (bicyclic) bond motifs is 1. The molecule has 0 saturated heterocycles. The lowest BCUT2D eigenvalue weighted by molar-refractivity contribution is 0.561. The van der Waals surface area contributed by atoms with E-state index in [1.165, 1.54) is 6.07 Å². The maximum absolute atomic E-state index is 12.3. The lowest BCUT2D eigenvalue weighted by Gasteiger charge is -2.09. The Hall–Kier alpha value is -2.60. The van der Waals surface area contributed by atoms with E-state index in [0.29, 0.717) is 16.7 Å². The van der Waals surface area contributed by atoms with Gasteiger partial charge in [-0.1, -0.05) is 17.7 Å². The summed E-state index contributed by atoms with van der Waals surface area (Å²) >= 11 is 0. The van der Waals surface area contributed by atoms with Crippen molar-refractivity contribution in [2.45, 2.75) is 11.8 Å². The van der Waals surface area contributed by atoms with Crippen LogP contribution in [0.2, 0.25) is 0 Å². The van der Waals surface area contributed by atoms with E-state index in [9.17, 15) is 13.2 Å². The average Bonchev–Trinajstić information content (AvgIpc) is 2.47. The van der Waals surface area contributed by atoms with Gasteiger partial charge in [0.1, 0.15) is 5.58 Å². The molecular weight excluding hydrogens is 302 g/mol. The summed E-state index contributed by atoms with van der Waals surface area (Å²) < 4.78 is 32.2. The van der Waals surface area contributed by atoms with Crippen LogP contribution in [-0.2, 0) is 10.0 Å². The third-order valence-electron chi connectivity index (χ3n) is 3.20. The topological polar surface area (TPSA) is 76.4 Å². The minimum atomic E-state index is -3.65. The molecule has 0 unspecified atom stereocenters. The Labute approximate surface area is 127 Å². The lowest BCUT2D eigenvalue weighted by Crippen LogP contribution is -2.12. The molecule has 3 rings (SSSR count). The van der Waals surface area contributed by atoms with Crippen molar-refractivity contribution in [2.24, 2.45) is 0 Å². The molecule has 112 valence electrons. The molecule has 6 heteroatoms. The fraction of sp³-hybridized carbons (Fsp3) is 0.0625. The van der Waals surface area contributed by atoms with E-state index in [1.807, 2.05) is 6.92 Å². The summed E-state index contributed by atoms with van der Waals surface area (Å²) in [5, 5.41) is 0.642.